The summed E-state index contributed by atoms with van der Waals surface area (Å²) in [6.07, 6.45) is 0.487. The molecular weight excluding hydrogens is 195 g/mol. The Kier molecular flexibility index (Phi) is 4.14. The number of aromatic nitrogens is 1. The molecule has 0 unspecified atom stereocenters. The lowest BCUT2D eigenvalue weighted by Crippen LogP contribution is -1.90. The molecule has 0 aromatic carbocycles. The standard InChI is InChI=1S/C10H9FN4/c1-8-9(5-6-10(11)14-8)4-2-3-7-13-15-12/h5-6H,3,7H2,1H3. The van der Waals surface area contributed by atoms with Crippen molar-refractivity contribution in [3.63, 3.8) is 0 Å². The van der Waals surface area contributed by atoms with E-state index in [-0.39, 0.29) is 0 Å². The highest BCUT2D eigenvalue weighted by molar-refractivity contribution is 5.36. The van der Waals surface area contributed by atoms with Crippen molar-refractivity contribution in [1.82, 2.24) is 4.98 Å². The number of nitrogens with zero attached hydrogens (tertiary/aromatic N) is 4. The number of rotatable bonds is 2. The zero-order chi connectivity index (χ0) is 11.1. The minimum absolute atomic E-state index is 0.344. The van der Waals surface area contributed by atoms with Gasteiger partial charge in [-0.05, 0) is 24.6 Å². The topological polar surface area (TPSA) is 61.7 Å². The van der Waals surface area contributed by atoms with Crippen molar-refractivity contribution in [1.29, 1.82) is 0 Å². The summed E-state index contributed by atoms with van der Waals surface area (Å²) in [6, 6.07) is 2.85. The number of hydrogen-bond acceptors (Lipinski definition) is 2. The van der Waals surface area contributed by atoms with Crippen LogP contribution < -0.4 is 0 Å². The third kappa shape index (κ3) is 3.67. The predicted molar refractivity (Wildman–Crippen MR) is 54.4 cm³/mol. The molecular formula is C10H9FN4. The quantitative estimate of drug-likeness (QED) is 0.182. The van der Waals surface area contributed by atoms with Crippen LogP contribution in [0, 0.1) is 24.7 Å². The van der Waals surface area contributed by atoms with Gasteiger partial charge in [0.05, 0.1) is 5.69 Å². The summed E-state index contributed by atoms with van der Waals surface area (Å²) in [4.78, 5) is 6.24. The molecule has 0 spiro atoms. The number of aryl methyl sites for hydroxylation is 1. The summed E-state index contributed by atoms with van der Waals surface area (Å²) in [7, 11) is 0. The van der Waals surface area contributed by atoms with Crippen LogP contribution in [0.3, 0.4) is 0 Å². The fourth-order valence-corrected chi connectivity index (χ4v) is 0.971. The molecule has 1 heterocycles. The van der Waals surface area contributed by atoms with Gasteiger partial charge in [0.1, 0.15) is 0 Å². The Bertz CT molecular complexity index is 452. The van der Waals surface area contributed by atoms with Gasteiger partial charge >= 0.3 is 0 Å². The van der Waals surface area contributed by atoms with E-state index in [0.717, 1.165) is 0 Å². The molecule has 1 aromatic rings. The number of azide groups is 1. The molecule has 0 aliphatic carbocycles. The molecule has 0 saturated carbocycles. The van der Waals surface area contributed by atoms with E-state index in [1.807, 2.05) is 0 Å². The van der Waals surface area contributed by atoms with Gasteiger partial charge in [0.15, 0.2) is 0 Å². The monoisotopic (exact) mass is 204 g/mol. The highest BCUT2D eigenvalue weighted by Crippen LogP contribution is 2.03. The van der Waals surface area contributed by atoms with E-state index in [2.05, 4.69) is 26.9 Å². The van der Waals surface area contributed by atoms with Crippen molar-refractivity contribution >= 4 is 0 Å². The summed E-state index contributed by atoms with van der Waals surface area (Å²) < 4.78 is 12.6. The first-order chi connectivity index (χ1) is 7.24. The Morgan fingerprint density at radius 1 is 1.60 bits per heavy atom. The molecule has 0 atom stereocenters. The number of halogens is 1. The average molecular weight is 204 g/mol. The smallest absolute Gasteiger partial charge is 0.213 e. The molecule has 0 radical (unpaired) electrons. The summed E-state index contributed by atoms with van der Waals surface area (Å²) in [5.74, 6) is 5.15. The first kappa shape index (κ1) is 11.0. The van der Waals surface area contributed by atoms with Gasteiger partial charge in [-0.25, -0.2) is 4.98 Å². The van der Waals surface area contributed by atoms with Gasteiger partial charge in [-0.1, -0.05) is 17.0 Å². The maximum Gasteiger partial charge on any atom is 0.213 e. The minimum atomic E-state index is -0.507. The molecule has 1 aromatic heterocycles. The lowest BCUT2D eigenvalue weighted by atomic mass is 10.2. The molecule has 0 N–H and O–H groups in total. The fraction of sp³-hybridized carbons (Fsp3) is 0.300. The SMILES string of the molecule is Cc1nc(F)ccc1C#CCCN=[N+]=[N-]. The van der Waals surface area contributed by atoms with Crippen molar-refractivity contribution in [2.75, 3.05) is 6.54 Å². The van der Waals surface area contributed by atoms with E-state index in [1.54, 1.807) is 13.0 Å². The van der Waals surface area contributed by atoms with Crippen LogP contribution in [-0.4, -0.2) is 11.5 Å². The Balaban J connectivity index is 2.67. The van der Waals surface area contributed by atoms with Gasteiger partial charge in [0.25, 0.3) is 0 Å². The van der Waals surface area contributed by atoms with Crippen LogP contribution in [0.4, 0.5) is 4.39 Å². The maximum atomic E-state index is 12.6. The molecule has 1 rings (SSSR count). The fourth-order valence-electron chi connectivity index (χ4n) is 0.971. The van der Waals surface area contributed by atoms with Crippen molar-refractivity contribution in [2.45, 2.75) is 13.3 Å². The van der Waals surface area contributed by atoms with Crippen molar-refractivity contribution in [3.8, 4) is 11.8 Å². The Labute approximate surface area is 86.8 Å². The Morgan fingerprint density at radius 2 is 2.40 bits per heavy atom. The van der Waals surface area contributed by atoms with E-state index >= 15 is 0 Å². The van der Waals surface area contributed by atoms with E-state index < -0.39 is 5.95 Å². The molecule has 5 heteroatoms. The number of pyridine rings is 1. The molecule has 0 amide bonds. The lowest BCUT2D eigenvalue weighted by Gasteiger charge is -1.95. The second-order valence-corrected chi connectivity index (χ2v) is 2.77. The lowest BCUT2D eigenvalue weighted by molar-refractivity contribution is 0.579. The molecule has 0 fully saturated rings. The maximum absolute atomic E-state index is 12.6. The second kappa shape index (κ2) is 5.63. The first-order valence-corrected chi connectivity index (χ1v) is 4.37. The normalized spacial score (nSPS) is 8.67. The van der Waals surface area contributed by atoms with Crippen LogP contribution in [0.25, 0.3) is 10.4 Å². The Morgan fingerprint density at radius 3 is 3.07 bits per heavy atom. The van der Waals surface area contributed by atoms with Crippen LogP contribution in [0.15, 0.2) is 17.2 Å². The molecule has 15 heavy (non-hydrogen) atoms. The third-order valence-electron chi connectivity index (χ3n) is 1.67. The van der Waals surface area contributed by atoms with Crippen LogP contribution >= 0.6 is 0 Å². The zero-order valence-corrected chi connectivity index (χ0v) is 8.24. The number of hydrogen-bond donors (Lipinski definition) is 0. The van der Waals surface area contributed by atoms with E-state index in [4.69, 9.17) is 5.53 Å². The highest BCUT2D eigenvalue weighted by Gasteiger charge is 1.97. The van der Waals surface area contributed by atoms with Gasteiger partial charge in [-0.2, -0.15) is 4.39 Å². The van der Waals surface area contributed by atoms with E-state index in [0.29, 0.717) is 24.2 Å². The van der Waals surface area contributed by atoms with Crippen LogP contribution in [-0.2, 0) is 0 Å². The molecule has 76 valence electrons. The van der Waals surface area contributed by atoms with Crippen LogP contribution in [0.2, 0.25) is 0 Å². The molecule has 0 aliphatic heterocycles. The summed E-state index contributed by atoms with van der Waals surface area (Å²) in [5, 5.41) is 3.34. The molecule has 0 bridgehead atoms. The van der Waals surface area contributed by atoms with Crippen molar-refractivity contribution in [3.05, 3.63) is 39.8 Å². The van der Waals surface area contributed by atoms with Crippen molar-refractivity contribution in [2.24, 2.45) is 5.11 Å². The predicted octanol–water partition coefficient (Wildman–Crippen LogP) is 2.58. The molecule has 0 saturated heterocycles. The van der Waals surface area contributed by atoms with Gasteiger partial charge in [0.2, 0.25) is 5.95 Å². The Hall–Kier alpha value is -2.05. The first-order valence-electron chi connectivity index (χ1n) is 4.37. The van der Waals surface area contributed by atoms with Crippen LogP contribution in [0.1, 0.15) is 17.7 Å². The summed E-state index contributed by atoms with van der Waals surface area (Å²) in [6.45, 7) is 2.04. The zero-order valence-electron chi connectivity index (χ0n) is 8.24. The van der Waals surface area contributed by atoms with Crippen LogP contribution in [0.5, 0.6) is 0 Å². The van der Waals surface area contributed by atoms with E-state index in [1.165, 1.54) is 6.07 Å². The summed E-state index contributed by atoms with van der Waals surface area (Å²) >= 11 is 0. The van der Waals surface area contributed by atoms with Gasteiger partial charge in [0, 0.05) is 23.4 Å². The van der Waals surface area contributed by atoms with E-state index in [9.17, 15) is 4.39 Å². The average Bonchev–Trinajstić information content (AvgIpc) is 2.20. The molecule has 0 aliphatic rings. The third-order valence-corrected chi connectivity index (χ3v) is 1.67. The second-order valence-electron chi connectivity index (χ2n) is 2.77. The van der Waals surface area contributed by atoms with Crippen molar-refractivity contribution < 1.29 is 4.39 Å². The largest absolute Gasteiger partial charge is 0.224 e. The van der Waals surface area contributed by atoms with Gasteiger partial charge in [-0.15, -0.1) is 0 Å². The van der Waals surface area contributed by atoms with Gasteiger partial charge < -0.3 is 0 Å². The minimum Gasteiger partial charge on any atom is -0.224 e. The van der Waals surface area contributed by atoms with Gasteiger partial charge in [-0.3, -0.25) is 0 Å². The molecule has 4 nitrogen and oxygen atoms in total. The highest BCUT2D eigenvalue weighted by atomic mass is 19.1. The summed E-state index contributed by atoms with van der Waals surface area (Å²) in [5.41, 5.74) is 9.27.